The maximum atomic E-state index is 15.1. The van der Waals surface area contributed by atoms with Gasteiger partial charge < -0.3 is 19.3 Å². The van der Waals surface area contributed by atoms with E-state index in [9.17, 15) is 4.79 Å². The number of ether oxygens (including phenoxy) is 2. The van der Waals surface area contributed by atoms with Crippen molar-refractivity contribution in [2.45, 2.75) is 57.0 Å². The van der Waals surface area contributed by atoms with Gasteiger partial charge >= 0.3 is 0 Å². The van der Waals surface area contributed by atoms with Crippen molar-refractivity contribution in [3.8, 4) is 5.75 Å². The summed E-state index contributed by atoms with van der Waals surface area (Å²) in [6.07, 6.45) is 11.9. The van der Waals surface area contributed by atoms with Crippen LogP contribution in [0.5, 0.6) is 5.75 Å². The Bertz CT molecular complexity index is 2250. The topological polar surface area (TPSA) is 127 Å². The van der Waals surface area contributed by atoms with E-state index in [-0.39, 0.29) is 23.2 Å². The second kappa shape index (κ2) is 14.5. The van der Waals surface area contributed by atoms with Gasteiger partial charge in [-0.15, -0.1) is 4.36 Å². The largest absolute Gasteiger partial charge is 0.490 e. The van der Waals surface area contributed by atoms with Gasteiger partial charge in [-0.25, -0.2) is 4.21 Å². The molecule has 6 atom stereocenters. The van der Waals surface area contributed by atoms with Gasteiger partial charge in [0.05, 0.1) is 29.5 Å². The predicted octanol–water partition coefficient (Wildman–Crippen LogP) is 6.83. The lowest BCUT2D eigenvalue weighted by molar-refractivity contribution is 0.0131. The number of hydrogen-bond donors (Lipinski definition) is 1. The van der Waals surface area contributed by atoms with Crippen molar-refractivity contribution in [2.75, 3.05) is 61.2 Å². The quantitative estimate of drug-likeness (QED) is 0.222. The maximum absolute atomic E-state index is 15.1. The van der Waals surface area contributed by atoms with E-state index in [1.165, 1.54) is 11.1 Å². The molecule has 1 N–H and O–H groups in total. The summed E-state index contributed by atoms with van der Waals surface area (Å²) in [5.74, 6) is 1.66. The van der Waals surface area contributed by atoms with E-state index in [2.05, 4.69) is 48.4 Å². The third kappa shape index (κ3) is 7.06. The maximum Gasteiger partial charge on any atom is 0.286 e. The first-order chi connectivity index (χ1) is 25.9. The van der Waals surface area contributed by atoms with Crippen LogP contribution in [0.15, 0.2) is 59.1 Å². The second-order valence-electron chi connectivity index (χ2n) is 15.9. The lowest BCUT2D eigenvalue weighted by atomic mass is 9.68. The van der Waals surface area contributed by atoms with Crippen molar-refractivity contribution in [1.29, 1.82) is 0 Å². The average molecular weight is 773 g/mol. The molecule has 1 amide bonds. The zero-order chi connectivity index (χ0) is 37.8. The van der Waals surface area contributed by atoms with Crippen LogP contribution in [0.1, 0.15) is 60.5 Å². The van der Waals surface area contributed by atoms with Crippen LogP contribution >= 0.6 is 11.6 Å². The van der Waals surface area contributed by atoms with Crippen LogP contribution in [0.3, 0.4) is 0 Å². The molecule has 1 saturated carbocycles. The Morgan fingerprint density at radius 2 is 2.00 bits per heavy atom. The zero-order valence-electron chi connectivity index (χ0n) is 31.6. The highest BCUT2D eigenvalue weighted by Crippen LogP contribution is 2.47. The van der Waals surface area contributed by atoms with Gasteiger partial charge in [-0.2, -0.15) is 15.1 Å². The fourth-order valence-electron chi connectivity index (χ4n) is 8.80. The molecule has 14 heteroatoms. The molecule has 2 aromatic carbocycles. The van der Waals surface area contributed by atoms with Crippen molar-refractivity contribution in [3.05, 3.63) is 76.5 Å². The highest BCUT2D eigenvalue weighted by molar-refractivity contribution is 7.95. The normalized spacial score (nSPS) is 28.9. The number of rotatable bonds is 4. The zero-order valence-corrected chi connectivity index (χ0v) is 33.2. The molecule has 4 aromatic rings. The third-order valence-corrected chi connectivity index (χ3v) is 13.9. The van der Waals surface area contributed by atoms with E-state index in [0.29, 0.717) is 53.2 Å². The Morgan fingerprint density at radius 3 is 2.78 bits per heavy atom. The number of amides is 1. The standard InChI is InChI=1S/C40H49ClN8O4S/c1-25-8-6-10-34(52-5)30-14-11-28(30)20-49-23-40(17-7-9-26-18-29(41)13-15-32(26)40)24-53-35-16-12-27(19-33(35)49)38(50)46-54(51,22-25)45-37-31-21-48(4)44-36(31)42-39(43-37)47(2)3/h6,10,12-13,15-16,18-19,21,25,28,30,34H,7-9,11,14,17,20,22-24H2,1-5H3,(H,42,43,44,45,46,50,51)/b10-6+/t25-,28-,30+,34-,40-,54+/m0/s1. The first-order valence-corrected chi connectivity index (χ1v) is 20.9. The lowest BCUT2D eigenvalue weighted by Crippen LogP contribution is -2.49. The molecular formula is C40H49ClN8O4S. The number of allylic oxidation sites excluding steroid dienone is 1. The molecule has 8 rings (SSSR count). The molecule has 0 radical (unpaired) electrons. The molecular weight excluding hydrogens is 724 g/mol. The summed E-state index contributed by atoms with van der Waals surface area (Å²) in [7, 11) is 3.83. The minimum absolute atomic E-state index is 0.0394. The van der Waals surface area contributed by atoms with Gasteiger partial charge in [0.15, 0.2) is 11.5 Å². The fraction of sp³-hybridized carbons (Fsp3) is 0.500. The molecule has 2 bridgehead atoms. The van der Waals surface area contributed by atoms with Gasteiger partial charge in [-0.3, -0.25) is 14.2 Å². The average Bonchev–Trinajstić information content (AvgIpc) is 3.43. The summed E-state index contributed by atoms with van der Waals surface area (Å²) in [6.45, 7) is 4.08. The summed E-state index contributed by atoms with van der Waals surface area (Å²) in [6, 6.07) is 11.8. The molecule has 2 aromatic heterocycles. The van der Waals surface area contributed by atoms with Gasteiger partial charge in [-0.1, -0.05) is 36.7 Å². The van der Waals surface area contributed by atoms with E-state index in [4.69, 9.17) is 26.1 Å². The molecule has 0 unspecified atom stereocenters. The summed E-state index contributed by atoms with van der Waals surface area (Å²) >= 11 is 6.49. The van der Waals surface area contributed by atoms with Crippen LogP contribution in [-0.2, 0) is 33.5 Å². The van der Waals surface area contributed by atoms with Crippen molar-refractivity contribution in [1.82, 2.24) is 19.7 Å². The number of fused-ring (bicyclic) bond motifs is 5. The van der Waals surface area contributed by atoms with E-state index in [0.717, 1.165) is 61.7 Å². The van der Waals surface area contributed by atoms with Crippen molar-refractivity contribution in [2.24, 2.45) is 29.2 Å². The molecule has 4 heterocycles. The molecule has 54 heavy (non-hydrogen) atoms. The number of anilines is 3. The first kappa shape index (κ1) is 36.8. The minimum Gasteiger partial charge on any atom is -0.490 e. The van der Waals surface area contributed by atoms with Crippen LogP contribution in [0.4, 0.5) is 17.5 Å². The Kier molecular flexibility index (Phi) is 9.85. The molecule has 2 aliphatic heterocycles. The molecule has 0 saturated heterocycles. The van der Waals surface area contributed by atoms with Crippen LogP contribution < -0.4 is 19.3 Å². The Balaban J connectivity index is 1.23. The number of carbonyl (C=O) groups is 1. The number of nitrogens with one attached hydrogen (secondary N) is 1. The van der Waals surface area contributed by atoms with Gasteiger partial charge in [0.1, 0.15) is 15.7 Å². The second-order valence-corrected chi connectivity index (χ2v) is 18.3. The summed E-state index contributed by atoms with van der Waals surface area (Å²) in [4.78, 5) is 27.7. The monoisotopic (exact) mass is 772 g/mol. The van der Waals surface area contributed by atoms with Crippen LogP contribution in [0, 0.1) is 17.8 Å². The summed E-state index contributed by atoms with van der Waals surface area (Å²) in [5.41, 5.74) is 3.97. The van der Waals surface area contributed by atoms with Gasteiger partial charge in [-0.05, 0) is 97.7 Å². The Morgan fingerprint density at radius 1 is 1.15 bits per heavy atom. The van der Waals surface area contributed by atoms with Crippen LogP contribution in [-0.4, -0.2) is 82.6 Å². The highest BCUT2D eigenvalue weighted by atomic mass is 35.5. The summed E-state index contributed by atoms with van der Waals surface area (Å²) in [5, 5.41) is 5.82. The molecule has 4 aliphatic rings. The number of halogens is 1. The molecule has 12 nitrogen and oxygen atoms in total. The van der Waals surface area contributed by atoms with Gasteiger partial charge in [0, 0.05) is 63.5 Å². The summed E-state index contributed by atoms with van der Waals surface area (Å²) < 4.78 is 37.2. The highest BCUT2D eigenvalue weighted by Gasteiger charge is 2.44. The number of nitrogens with zero attached hydrogens (tertiary/aromatic N) is 7. The van der Waals surface area contributed by atoms with Crippen molar-refractivity contribution < 1.29 is 18.5 Å². The van der Waals surface area contributed by atoms with Crippen molar-refractivity contribution >= 4 is 55.9 Å². The van der Waals surface area contributed by atoms with Gasteiger partial charge in [0.25, 0.3) is 5.91 Å². The molecule has 2 aliphatic carbocycles. The third-order valence-electron chi connectivity index (χ3n) is 11.7. The number of hydrogen-bond acceptors (Lipinski definition) is 9. The molecule has 1 fully saturated rings. The van der Waals surface area contributed by atoms with Crippen molar-refractivity contribution in [3.63, 3.8) is 0 Å². The SMILES string of the molecule is CO[C@H]1/C=C/C[C@H](C)C[S@@](=O)(Nc2nc(N(C)C)nc3nn(C)cc23)=NC(=O)c2ccc3c(c2)N(C[C@@H]2CC[C@H]21)C[C@@]1(CCCc2cc(Cl)ccc21)CO3. The van der Waals surface area contributed by atoms with E-state index >= 15 is 4.21 Å². The number of benzene rings is 2. The fourth-order valence-corrected chi connectivity index (χ4v) is 10.9. The number of aryl methyl sites for hydroxylation is 2. The lowest BCUT2D eigenvalue weighted by Gasteiger charge is -2.46. The molecule has 286 valence electrons. The first-order valence-electron chi connectivity index (χ1n) is 18.9. The van der Waals surface area contributed by atoms with Crippen LogP contribution in [0.25, 0.3) is 11.0 Å². The Labute approximate surface area is 322 Å². The number of carbonyl (C=O) groups excluding carboxylic acids is 1. The Hall–Kier alpha value is -4.20. The number of aromatic nitrogens is 4. The minimum atomic E-state index is -3.41. The smallest absolute Gasteiger partial charge is 0.286 e. The number of methoxy groups -OCH3 is 1. The van der Waals surface area contributed by atoms with Gasteiger partial charge in [0.2, 0.25) is 5.95 Å². The van der Waals surface area contributed by atoms with E-state index in [1.54, 1.807) is 36.0 Å². The molecule has 1 spiro atoms. The predicted molar refractivity (Wildman–Crippen MR) is 214 cm³/mol. The van der Waals surface area contributed by atoms with E-state index < -0.39 is 15.8 Å². The van der Waals surface area contributed by atoms with E-state index in [1.807, 2.05) is 39.2 Å². The van der Waals surface area contributed by atoms with Crippen LogP contribution in [0.2, 0.25) is 5.02 Å².